The molecule has 2 aliphatic heterocycles. The largest absolute Gasteiger partial charge is 0.481 e. The molecule has 1 unspecified atom stereocenters. The molecule has 396 valence electrons. The molecule has 3 aliphatic rings. The summed E-state index contributed by atoms with van der Waals surface area (Å²) < 4.78 is 176. The zero-order valence-electron chi connectivity index (χ0n) is 40.5. The molecular formula is C49H57F3N3O14S4+. The van der Waals surface area contributed by atoms with Gasteiger partial charge in [0.1, 0.15) is 6.54 Å². The van der Waals surface area contributed by atoms with Gasteiger partial charge < -0.3 is 10.0 Å². The Bertz CT molecular complexity index is 3330. The van der Waals surface area contributed by atoms with E-state index in [1.165, 1.54) is 73.8 Å². The second kappa shape index (κ2) is 20.8. The Kier molecular flexibility index (Phi) is 16.2. The van der Waals surface area contributed by atoms with Gasteiger partial charge in [-0.25, -0.2) is 12.7 Å². The normalized spacial score (nSPS) is 20.3. The third-order valence-electron chi connectivity index (χ3n) is 13.5. The SMILES string of the molecule is CN(CCCC(=O)O)S(=O)(=O)c1ccc2c(c1)C(C)(C)C(/C=C/C1=CC(=C/C=C3/N(CCCS(=O)(=O)O)c4ccc(S(=O)(=O)O)cc4C3(C)C)/CC(C(=O)C(F)(F)F)(c3ccccc3)C1)=[N+]2CCCS(=O)(=O)O. The molecule has 0 bridgehead atoms. The molecule has 1 atom stereocenters. The zero-order valence-corrected chi connectivity index (χ0v) is 43.8. The van der Waals surface area contributed by atoms with Crippen molar-refractivity contribution < 1.29 is 79.8 Å². The number of fused-ring (bicyclic) bond motifs is 2. The fourth-order valence-corrected chi connectivity index (χ4v) is 12.6. The van der Waals surface area contributed by atoms with Gasteiger partial charge in [-0.15, -0.1) is 0 Å². The minimum atomic E-state index is -5.33. The summed E-state index contributed by atoms with van der Waals surface area (Å²) in [4.78, 5) is 26.2. The number of sulfonamides is 1. The van der Waals surface area contributed by atoms with Crippen LogP contribution in [0.1, 0.15) is 82.9 Å². The van der Waals surface area contributed by atoms with E-state index in [2.05, 4.69) is 0 Å². The molecule has 73 heavy (non-hydrogen) atoms. The molecule has 4 N–H and O–H groups in total. The van der Waals surface area contributed by atoms with Gasteiger partial charge in [0.05, 0.1) is 32.1 Å². The third kappa shape index (κ3) is 12.6. The van der Waals surface area contributed by atoms with Gasteiger partial charge in [-0.2, -0.15) is 43.0 Å². The van der Waals surface area contributed by atoms with E-state index in [-0.39, 0.29) is 66.9 Å². The van der Waals surface area contributed by atoms with Crippen LogP contribution in [-0.4, -0.2) is 123 Å². The molecule has 6 rings (SSSR count). The molecular weight excluding hydrogens is 1040 g/mol. The average Bonchev–Trinajstić information content (AvgIpc) is 3.62. The van der Waals surface area contributed by atoms with Crippen LogP contribution in [0.15, 0.2) is 124 Å². The molecule has 1 aliphatic carbocycles. The summed E-state index contributed by atoms with van der Waals surface area (Å²) in [5, 5.41) is 9.09. The molecule has 0 amide bonds. The van der Waals surface area contributed by atoms with E-state index in [0.717, 1.165) is 10.4 Å². The molecule has 0 radical (unpaired) electrons. The van der Waals surface area contributed by atoms with Crippen molar-refractivity contribution in [1.29, 1.82) is 0 Å². The number of carboxylic acids is 1. The van der Waals surface area contributed by atoms with Gasteiger partial charge in [0.15, 0.2) is 5.71 Å². The highest BCUT2D eigenvalue weighted by Gasteiger charge is 2.55. The number of anilines is 1. The Morgan fingerprint density at radius 3 is 1.99 bits per heavy atom. The average molecular weight is 1100 g/mol. The first kappa shape index (κ1) is 56.9. The van der Waals surface area contributed by atoms with Crippen molar-refractivity contribution in [2.24, 2.45) is 0 Å². The summed E-state index contributed by atoms with van der Waals surface area (Å²) >= 11 is 0. The number of allylic oxidation sites excluding steroid dienone is 8. The fourth-order valence-electron chi connectivity index (χ4n) is 9.88. The van der Waals surface area contributed by atoms with Crippen molar-refractivity contribution in [3.8, 4) is 0 Å². The minimum absolute atomic E-state index is 0.0278. The Morgan fingerprint density at radius 1 is 0.767 bits per heavy atom. The number of ketones is 1. The van der Waals surface area contributed by atoms with Crippen LogP contribution in [0.4, 0.5) is 24.5 Å². The first-order valence-electron chi connectivity index (χ1n) is 22.8. The predicted molar refractivity (Wildman–Crippen MR) is 266 cm³/mol. The van der Waals surface area contributed by atoms with Crippen molar-refractivity contribution in [1.82, 2.24) is 4.31 Å². The van der Waals surface area contributed by atoms with Gasteiger partial charge in [-0.05, 0) is 98.2 Å². The molecule has 2 heterocycles. The lowest BCUT2D eigenvalue weighted by atomic mass is 9.65. The van der Waals surface area contributed by atoms with E-state index in [1.807, 2.05) is 0 Å². The van der Waals surface area contributed by atoms with E-state index < -0.39 is 104 Å². The summed E-state index contributed by atoms with van der Waals surface area (Å²) in [5.41, 5.74) is -1.24. The van der Waals surface area contributed by atoms with Crippen molar-refractivity contribution in [3.63, 3.8) is 0 Å². The highest BCUT2D eigenvalue weighted by atomic mass is 32.2. The van der Waals surface area contributed by atoms with Crippen molar-refractivity contribution in [2.45, 2.75) is 98.4 Å². The monoisotopic (exact) mass is 1100 g/mol. The molecule has 0 saturated heterocycles. The summed E-state index contributed by atoms with van der Waals surface area (Å²) in [7, 11) is -16.4. The molecule has 0 saturated carbocycles. The minimum Gasteiger partial charge on any atom is -0.481 e. The first-order chi connectivity index (χ1) is 33.6. The lowest BCUT2D eigenvalue weighted by molar-refractivity contribution is -0.437. The van der Waals surface area contributed by atoms with Crippen LogP contribution in [0.25, 0.3) is 0 Å². The zero-order chi connectivity index (χ0) is 54.3. The number of hydrogen-bond donors (Lipinski definition) is 4. The molecule has 24 heteroatoms. The number of rotatable bonds is 20. The number of nitrogens with zero attached hydrogens (tertiary/aromatic N) is 3. The van der Waals surface area contributed by atoms with Crippen molar-refractivity contribution in [2.75, 3.05) is 43.1 Å². The van der Waals surface area contributed by atoms with E-state index in [9.17, 15) is 70.1 Å². The van der Waals surface area contributed by atoms with E-state index in [4.69, 9.17) is 5.11 Å². The molecule has 17 nitrogen and oxygen atoms in total. The van der Waals surface area contributed by atoms with E-state index in [1.54, 1.807) is 61.5 Å². The van der Waals surface area contributed by atoms with Crippen LogP contribution in [0.5, 0.6) is 0 Å². The maximum absolute atomic E-state index is 15.0. The Balaban J connectivity index is 1.52. The fraction of sp³-hybridized carbons (Fsp3) is 0.408. The first-order valence-corrected chi connectivity index (χ1v) is 28.9. The summed E-state index contributed by atoms with van der Waals surface area (Å²) in [6.07, 6.45) is 1.14. The van der Waals surface area contributed by atoms with Crippen LogP contribution in [0, 0.1) is 0 Å². The predicted octanol–water partition coefficient (Wildman–Crippen LogP) is 7.30. The second-order valence-corrected chi connectivity index (χ2v) is 26.0. The lowest BCUT2D eigenvalue weighted by Crippen LogP contribution is -2.46. The number of Topliss-reactive ketones (excluding diaryl/α,β-unsaturated/α-hetero) is 1. The number of aliphatic carboxylic acids is 1. The van der Waals surface area contributed by atoms with E-state index >= 15 is 0 Å². The van der Waals surface area contributed by atoms with Crippen LogP contribution in [0.2, 0.25) is 0 Å². The molecule has 0 spiro atoms. The van der Waals surface area contributed by atoms with Crippen LogP contribution < -0.4 is 4.90 Å². The highest BCUT2D eigenvalue weighted by molar-refractivity contribution is 7.89. The standard InChI is InChI=1S/C49H56F3N3O14S4/c1-46(2)38-29-36(72(65,66)53(5)23-9-14-44(56)57)17-19-40(38)54(24-10-26-70(59,60)61)42(46)21-15-33-28-34(32-48(31-33,45(58)49(50,51)52)35-12-7-6-8-13-35)16-22-43-47(3,4)39-30-37(73(67,68)69)18-20-41(39)55(43)25-11-27-71(62,63)64/h6-8,12-13,15-22,28-30H,9-11,14,23-27,31-32H2,1-5H3,(H3-,56,57,59,60,61,62,63,64,67,68,69)/p+1. The van der Waals surface area contributed by atoms with Gasteiger partial charge >= 0.3 is 12.1 Å². The maximum atomic E-state index is 15.0. The summed E-state index contributed by atoms with van der Waals surface area (Å²) in [5.74, 6) is -4.40. The molecule has 0 aromatic heterocycles. The second-order valence-electron chi connectivity index (χ2n) is 19.3. The molecule has 3 aromatic rings. The Morgan fingerprint density at radius 2 is 1.38 bits per heavy atom. The van der Waals surface area contributed by atoms with Gasteiger partial charge in [0, 0.05) is 67.5 Å². The van der Waals surface area contributed by atoms with Crippen LogP contribution >= 0.6 is 0 Å². The smallest absolute Gasteiger partial charge is 0.450 e. The Labute approximate surface area is 423 Å². The van der Waals surface area contributed by atoms with Gasteiger partial charge in [-0.3, -0.25) is 23.2 Å². The van der Waals surface area contributed by atoms with Crippen molar-refractivity contribution >= 4 is 69.2 Å². The number of carbonyl (C=O) groups excluding carboxylic acids is 1. The topological polar surface area (TPSA) is 261 Å². The number of benzene rings is 3. The number of carboxylic acid groups (broad SMARTS) is 1. The molecule has 0 fully saturated rings. The third-order valence-corrected chi connectivity index (χ3v) is 17.8. The van der Waals surface area contributed by atoms with Crippen LogP contribution in [-0.2, 0) is 66.2 Å². The van der Waals surface area contributed by atoms with Crippen molar-refractivity contribution in [3.05, 3.63) is 131 Å². The highest BCUT2D eigenvalue weighted by Crippen LogP contribution is 2.50. The Hall–Kier alpha value is -5.34. The van der Waals surface area contributed by atoms with Crippen LogP contribution in [0.3, 0.4) is 0 Å². The quantitative estimate of drug-likeness (QED) is 0.0639. The number of carbonyl (C=O) groups is 2. The summed E-state index contributed by atoms with van der Waals surface area (Å²) in [6, 6.07) is 15.6. The summed E-state index contributed by atoms with van der Waals surface area (Å²) in [6.45, 7) is 6.81. The number of alkyl halides is 3. The lowest BCUT2D eigenvalue weighted by Gasteiger charge is -2.37. The van der Waals surface area contributed by atoms with Gasteiger partial charge in [-0.1, -0.05) is 62.4 Å². The number of hydrogen-bond acceptors (Lipinski definition) is 11. The van der Waals surface area contributed by atoms with Gasteiger partial charge in [0.2, 0.25) is 21.5 Å². The number of halogens is 3. The maximum Gasteiger partial charge on any atom is 0.450 e. The van der Waals surface area contributed by atoms with Gasteiger partial charge in [0.25, 0.3) is 30.4 Å². The molecule has 3 aromatic carbocycles. The van der Waals surface area contributed by atoms with E-state index in [0.29, 0.717) is 33.9 Å².